The Kier molecular flexibility index (Phi) is 7.40. The SMILES string of the molecule is O=C(c1ccc2c(c1)nc(-c1ccc3nc[nH]c(=O)c3c1)n2C1CCCCC1)N(c1ccc2nc[nH]c(=O)c2c1)S(=O)(=O)c1ccccc1. The first-order valence-electron chi connectivity index (χ1n) is 15.9. The van der Waals surface area contributed by atoms with E-state index in [0.717, 1.165) is 47.5 Å². The monoisotopic (exact) mass is 671 g/mol. The van der Waals surface area contributed by atoms with E-state index in [1.165, 1.54) is 43.0 Å². The summed E-state index contributed by atoms with van der Waals surface area (Å²) in [5.74, 6) is -0.172. The Labute approximate surface area is 279 Å². The van der Waals surface area contributed by atoms with Gasteiger partial charge in [0.15, 0.2) is 0 Å². The number of benzene rings is 4. The molecule has 0 saturated heterocycles. The highest BCUT2D eigenvalue weighted by Crippen LogP contribution is 2.37. The van der Waals surface area contributed by atoms with Crippen LogP contribution in [0, 0.1) is 0 Å². The highest BCUT2D eigenvalue weighted by molar-refractivity contribution is 7.93. The zero-order valence-corrected chi connectivity index (χ0v) is 26.9. The Bertz CT molecular complexity index is 2640. The van der Waals surface area contributed by atoms with Gasteiger partial charge in [-0.25, -0.2) is 23.4 Å². The van der Waals surface area contributed by atoms with E-state index in [2.05, 4.69) is 24.5 Å². The van der Waals surface area contributed by atoms with E-state index in [0.29, 0.717) is 27.8 Å². The van der Waals surface area contributed by atoms with Crippen LogP contribution in [-0.4, -0.2) is 43.8 Å². The molecular formula is C36H29N7O5S. The first-order chi connectivity index (χ1) is 23.8. The second kappa shape index (κ2) is 11.9. The van der Waals surface area contributed by atoms with Crippen LogP contribution in [0.1, 0.15) is 48.5 Å². The van der Waals surface area contributed by atoms with Gasteiger partial charge in [-0.1, -0.05) is 37.5 Å². The number of aromatic nitrogens is 6. The van der Waals surface area contributed by atoms with Crippen molar-refractivity contribution in [1.29, 1.82) is 0 Å². The predicted molar refractivity (Wildman–Crippen MR) is 186 cm³/mol. The highest BCUT2D eigenvalue weighted by Gasteiger charge is 2.33. The lowest BCUT2D eigenvalue weighted by Gasteiger charge is -2.26. The zero-order valence-electron chi connectivity index (χ0n) is 26.0. The first-order valence-corrected chi connectivity index (χ1v) is 17.4. The number of nitrogens with zero attached hydrogens (tertiary/aromatic N) is 5. The number of anilines is 1. The van der Waals surface area contributed by atoms with Crippen LogP contribution in [0.15, 0.2) is 112 Å². The number of hydrogen-bond donors (Lipinski definition) is 2. The van der Waals surface area contributed by atoms with Crippen molar-refractivity contribution in [2.75, 3.05) is 4.31 Å². The zero-order chi connectivity index (χ0) is 33.7. The van der Waals surface area contributed by atoms with Gasteiger partial charge in [-0.3, -0.25) is 14.4 Å². The Morgan fingerprint density at radius 1 is 0.755 bits per heavy atom. The number of H-pyrrole nitrogens is 2. The largest absolute Gasteiger partial charge is 0.321 e. The molecule has 12 nitrogen and oxygen atoms in total. The van der Waals surface area contributed by atoms with E-state index < -0.39 is 21.5 Å². The molecule has 0 unspecified atom stereocenters. The molecule has 8 rings (SSSR count). The van der Waals surface area contributed by atoms with Gasteiger partial charge in [-0.2, -0.15) is 4.31 Å². The van der Waals surface area contributed by atoms with Gasteiger partial charge in [0, 0.05) is 17.2 Å². The minimum absolute atomic E-state index is 0.0108. The molecule has 4 aromatic carbocycles. The summed E-state index contributed by atoms with van der Waals surface area (Å²) < 4.78 is 31.2. The fraction of sp³-hybridized carbons (Fsp3) is 0.167. The molecular weight excluding hydrogens is 643 g/mol. The highest BCUT2D eigenvalue weighted by atomic mass is 32.2. The maximum Gasteiger partial charge on any atom is 0.272 e. The van der Waals surface area contributed by atoms with Gasteiger partial charge in [0.1, 0.15) is 5.82 Å². The van der Waals surface area contributed by atoms with Gasteiger partial charge in [0.2, 0.25) is 0 Å². The lowest BCUT2D eigenvalue weighted by molar-refractivity contribution is 0.101. The third-order valence-corrected chi connectivity index (χ3v) is 10.8. The number of nitrogens with one attached hydrogen (secondary N) is 2. The second-order valence-corrected chi connectivity index (χ2v) is 13.9. The molecule has 13 heteroatoms. The Morgan fingerprint density at radius 3 is 2.14 bits per heavy atom. The van der Waals surface area contributed by atoms with Crippen LogP contribution in [-0.2, 0) is 10.0 Å². The van der Waals surface area contributed by atoms with E-state index in [1.807, 2.05) is 6.07 Å². The van der Waals surface area contributed by atoms with Crippen molar-refractivity contribution in [3.05, 3.63) is 124 Å². The van der Waals surface area contributed by atoms with Crippen LogP contribution >= 0.6 is 0 Å². The second-order valence-electron chi connectivity index (χ2n) is 12.1. The van der Waals surface area contributed by atoms with Crippen LogP contribution in [0.25, 0.3) is 44.2 Å². The topological polar surface area (TPSA) is 164 Å². The summed E-state index contributed by atoms with van der Waals surface area (Å²) in [7, 11) is -4.44. The molecule has 1 fully saturated rings. The van der Waals surface area contributed by atoms with Crippen LogP contribution in [0.4, 0.5) is 5.69 Å². The number of aromatic amines is 2. The van der Waals surface area contributed by atoms with E-state index in [1.54, 1.807) is 48.5 Å². The molecule has 1 aliphatic rings. The van der Waals surface area contributed by atoms with E-state index >= 15 is 0 Å². The van der Waals surface area contributed by atoms with Crippen molar-refractivity contribution in [2.45, 2.75) is 43.0 Å². The van der Waals surface area contributed by atoms with Crippen LogP contribution in [0.2, 0.25) is 0 Å². The number of fused-ring (bicyclic) bond motifs is 3. The van der Waals surface area contributed by atoms with Crippen LogP contribution in [0.3, 0.4) is 0 Å². The van der Waals surface area contributed by atoms with Gasteiger partial charge in [-0.05, 0) is 79.6 Å². The molecule has 0 bridgehead atoms. The maximum atomic E-state index is 14.4. The summed E-state index contributed by atoms with van der Waals surface area (Å²) in [6.07, 6.45) is 7.82. The Morgan fingerprint density at radius 2 is 1.43 bits per heavy atom. The fourth-order valence-corrected chi connectivity index (χ4v) is 8.14. The van der Waals surface area contributed by atoms with Crippen molar-refractivity contribution >= 4 is 54.5 Å². The molecule has 2 N–H and O–H groups in total. The molecule has 0 aliphatic heterocycles. The van der Waals surface area contributed by atoms with E-state index in [9.17, 15) is 22.8 Å². The number of carbonyl (C=O) groups excluding carboxylic acids is 1. The molecule has 1 amide bonds. The number of rotatable bonds is 6. The fourth-order valence-electron chi connectivity index (χ4n) is 6.72. The summed E-state index contributed by atoms with van der Waals surface area (Å²) in [5, 5.41) is 0.570. The molecule has 1 aliphatic carbocycles. The van der Waals surface area contributed by atoms with Crippen LogP contribution < -0.4 is 15.4 Å². The van der Waals surface area contributed by atoms with Gasteiger partial charge in [-0.15, -0.1) is 0 Å². The summed E-state index contributed by atoms with van der Waals surface area (Å²) >= 11 is 0. The van der Waals surface area contributed by atoms with Gasteiger partial charge in [0.25, 0.3) is 27.0 Å². The molecule has 49 heavy (non-hydrogen) atoms. The number of carbonyl (C=O) groups is 1. The Balaban J connectivity index is 1.30. The average Bonchev–Trinajstić information content (AvgIpc) is 3.52. The lowest BCUT2D eigenvalue weighted by Crippen LogP contribution is -2.37. The maximum absolute atomic E-state index is 14.4. The number of imidazole rings is 1. The number of amides is 1. The summed E-state index contributed by atoms with van der Waals surface area (Å²) in [6, 6.07) is 22.6. The van der Waals surface area contributed by atoms with Crippen molar-refractivity contribution in [3.63, 3.8) is 0 Å². The molecule has 3 aromatic heterocycles. The van der Waals surface area contributed by atoms with Gasteiger partial charge < -0.3 is 14.5 Å². The van der Waals surface area contributed by atoms with Gasteiger partial charge in [0.05, 0.1) is 56.1 Å². The quantitative estimate of drug-likeness (QED) is 0.227. The number of hydrogen-bond acceptors (Lipinski definition) is 8. The third kappa shape index (κ3) is 5.28. The van der Waals surface area contributed by atoms with Crippen molar-refractivity contribution in [3.8, 4) is 11.4 Å². The molecule has 0 spiro atoms. The smallest absolute Gasteiger partial charge is 0.272 e. The molecule has 3 heterocycles. The van der Waals surface area contributed by atoms with Crippen molar-refractivity contribution in [2.24, 2.45) is 0 Å². The van der Waals surface area contributed by atoms with E-state index in [-0.39, 0.29) is 33.1 Å². The molecule has 1 saturated carbocycles. The van der Waals surface area contributed by atoms with Gasteiger partial charge >= 0.3 is 0 Å². The average molecular weight is 672 g/mol. The number of sulfonamides is 1. The third-order valence-electron chi connectivity index (χ3n) is 9.10. The molecule has 0 radical (unpaired) electrons. The lowest BCUT2D eigenvalue weighted by atomic mass is 9.94. The predicted octanol–water partition coefficient (Wildman–Crippen LogP) is 5.72. The minimum atomic E-state index is -4.44. The summed E-state index contributed by atoms with van der Waals surface area (Å²) in [5.41, 5.74) is 2.29. The summed E-state index contributed by atoms with van der Waals surface area (Å²) in [4.78, 5) is 58.2. The normalized spacial score (nSPS) is 14.0. The van der Waals surface area contributed by atoms with Crippen molar-refractivity contribution in [1.82, 2.24) is 29.5 Å². The van der Waals surface area contributed by atoms with E-state index in [4.69, 9.17) is 4.98 Å². The minimum Gasteiger partial charge on any atom is -0.321 e. The van der Waals surface area contributed by atoms with Crippen LogP contribution in [0.5, 0.6) is 0 Å². The standard InChI is InChI=1S/C36H29N7O5S/c44-34-27-17-22(11-14-29(27)37-20-39-34)33-41-31-18-23(12-16-32(31)42(33)24-7-3-1-4-8-24)36(46)43(49(47,48)26-9-5-2-6-10-26)25-13-15-30-28(19-25)35(45)40-21-38-30/h2,5-6,9-21,24H,1,3-4,7-8H2,(H,37,39,44)(H,38,40,45). The molecule has 244 valence electrons. The molecule has 0 atom stereocenters. The van der Waals surface area contributed by atoms with Crippen molar-refractivity contribution < 1.29 is 13.2 Å². The Hall–Kier alpha value is -5.95. The molecule has 7 aromatic rings. The first kappa shape index (κ1) is 30.4. The summed E-state index contributed by atoms with van der Waals surface area (Å²) in [6.45, 7) is 0.